The van der Waals surface area contributed by atoms with Crippen LogP contribution in [0.2, 0.25) is 0 Å². The maximum atomic E-state index is 11.9. The average Bonchev–Trinajstić information content (AvgIpc) is 2.23. The van der Waals surface area contributed by atoms with E-state index in [2.05, 4.69) is 5.32 Å². The molecule has 0 aliphatic heterocycles. The fourth-order valence-corrected chi connectivity index (χ4v) is 1.27. The van der Waals surface area contributed by atoms with E-state index >= 15 is 0 Å². The minimum Gasteiger partial charge on any atom is -0.481 e. The molecule has 0 aliphatic carbocycles. The quantitative estimate of drug-likeness (QED) is 0.623. The van der Waals surface area contributed by atoms with Gasteiger partial charge in [-0.15, -0.1) is 0 Å². The highest BCUT2D eigenvalue weighted by molar-refractivity contribution is 5.83. The second-order valence-corrected chi connectivity index (χ2v) is 4.55. The molecule has 0 saturated heterocycles. The van der Waals surface area contributed by atoms with Gasteiger partial charge in [-0.3, -0.25) is 9.59 Å². The van der Waals surface area contributed by atoms with E-state index in [-0.39, 0.29) is 12.6 Å². The second kappa shape index (κ2) is 6.83. The number of carbonyl (C=O) groups is 3. The first-order valence-electron chi connectivity index (χ1n) is 5.75. The Morgan fingerprint density at radius 2 is 1.72 bits per heavy atom. The first-order chi connectivity index (χ1) is 8.16. The number of carboxylic acids is 1. The van der Waals surface area contributed by atoms with Gasteiger partial charge >= 0.3 is 12.0 Å². The molecule has 0 heterocycles. The van der Waals surface area contributed by atoms with Gasteiger partial charge in [0.2, 0.25) is 5.91 Å². The number of hydrogen-bond acceptors (Lipinski definition) is 3. The Morgan fingerprint density at radius 3 is 2.06 bits per heavy atom. The highest BCUT2D eigenvalue weighted by Crippen LogP contribution is 2.05. The first-order valence-corrected chi connectivity index (χ1v) is 5.75. The van der Waals surface area contributed by atoms with Crippen molar-refractivity contribution in [2.75, 3.05) is 6.54 Å². The smallest absolute Gasteiger partial charge is 0.318 e. The molecule has 0 fully saturated rings. The van der Waals surface area contributed by atoms with Gasteiger partial charge in [-0.25, -0.2) is 4.79 Å². The lowest BCUT2D eigenvalue weighted by Crippen LogP contribution is -2.51. The van der Waals surface area contributed by atoms with Crippen LogP contribution in [0.15, 0.2) is 0 Å². The van der Waals surface area contributed by atoms with Crippen molar-refractivity contribution in [2.24, 2.45) is 11.7 Å². The van der Waals surface area contributed by atoms with Crippen molar-refractivity contribution in [2.45, 2.75) is 39.8 Å². The number of carbonyl (C=O) groups excluding carboxylic acids is 2. The summed E-state index contributed by atoms with van der Waals surface area (Å²) >= 11 is 0. The summed E-state index contributed by atoms with van der Waals surface area (Å²) in [5, 5.41) is 11.4. The van der Waals surface area contributed by atoms with Crippen LogP contribution in [0, 0.1) is 5.92 Å². The van der Waals surface area contributed by atoms with E-state index in [0.29, 0.717) is 0 Å². The molecule has 7 nitrogen and oxygen atoms in total. The van der Waals surface area contributed by atoms with Gasteiger partial charge in [0.25, 0.3) is 0 Å². The Balaban J connectivity index is 4.60. The molecule has 7 heteroatoms. The molecule has 0 rings (SSSR count). The van der Waals surface area contributed by atoms with Crippen LogP contribution >= 0.6 is 0 Å². The number of nitrogens with two attached hydrogens (primary N) is 1. The van der Waals surface area contributed by atoms with Gasteiger partial charge < -0.3 is 21.1 Å². The molecule has 0 saturated carbocycles. The van der Waals surface area contributed by atoms with E-state index in [1.54, 1.807) is 20.8 Å². The number of urea groups is 1. The molecular formula is C11H21N3O4. The Morgan fingerprint density at radius 1 is 1.22 bits per heavy atom. The van der Waals surface area contributed by atoms with Gasteiger partial charge in [0, 0.05) is 12.1 Å². The third kappa shape index (κ3) is 5.03. The lowest BCUT2D eigenvalue weighted by molar-refractivity contribution is -0.141. The topological polar surface area (TPSA) is 113 Å². The molecule has 0 aromatic rings. The molecule has 4 N–H and O–H groups in total. The van der Waals surface area contributed by atoms with Crippen LogP contribution in [0.3, 0.4) is 0 Å². The summed E-state index contributed by atoms with van der Waals surface area (Å²) in [5.74, 6) is -2.32. The van der Waals surface area contributed by atoms with Crippen LogP contribution in [0.25, 0.3) is 0 Å². The lowest BCUT2D eigenvalue weighted by atomic mass is 10.0. The molecule has 3 amide bonds. The van der Waals surface area contributed by atoms with Gasteiger partial charge in [-0.2, -0.15) is 0 Å². The Kier molecular flexibility index (Phi) is 6.15. The fraction of sp³-hybridized carbons (Fsp3) is 0.727. The zero-order valence-corrected chi connectivity index (χ0v) is 11.1. The van der Waals surface area contributed by atoms with Crippen LogP contribution in [0.4, 0.5) is 4.79 Å². The summed E-state index contributed by atoms with van der Waals surface area (Å²) in [5.41, 5.74) is 5.05. The van der Waals surface area contributed by atoms with Crippen molar-refractivity contribution in [1.29, 1.82) is 0 Å². The second-order valence-electron chi connectivity index (χ2n) is 4.55. The number of nitrogens with one attached hydrogen (secondary N) is 1. The van der Waals surface area contributed by atoms with Gasteiger partial charge in [-0.05, 0) is 27.7 Å². The van der Waals surface area contributed by atoms with E-state index in [0.717, 1.165) is 0 Å². The van der Waals surface area contributed by atoms with Crippen molar-refractivity contribution in [3.05, 3.63) is 0 Å². The summed E-state index contributed by atoms with van der Waals surface area (Å²) in [6.07, 6.45) is 0. The molecule has 0 bridgehead atoms. The van der Waals surface area contributed by atoms with Crippen molar-refractivity contribution < 1.29 is 19.5 Å². The Labute approximate surface area is 106 Å². The van der Waals surface area contributed by atoms with Crippen molar-refractivity contribution in [1.82, 2.24) is 10.2 Å². The van der Waals surface area contributed by atoms with E-state index < -0.39 is 29.9 Å². The van der Waals surface area contributed by atoms with Crippen LogP contribution in [0.5, 0.6) is 0 Å². The summed E-state index contributed by atoms with van der Waals surface area (Å²) in [6, 6.07) is -1.24. The Bertz CT molecular complexity index is 330. The fourth-order valence-electron chi connectivity index (χ4n) is 1.27. The van der Waals surface area contributed by atoms with E-state index in [1.807, 2.05) is 0 Å². The molecule has 0 aromatic carbocycles. The third-order valence-corrected chi connectivity index (χ3v) is 2.70. The lowest BCUT2D eigenvalue weighted by Gasteiger charge is -2.28. The standard InChI is InChI=1S/C11H21N3O4/c1-6(2)14(5-9(12)15)11(18)13-8(4)7(3)10(16)17/h6-8H,5H2,1-4H3,(H2,12,15)(H,13,18)(H,16,17). The highest BCUT2D eigenvalue weighted by Gasteiger charge is 2.25. The predicted octanol–water partition coefficient (Wildman–Crippen LogP) is 0.000900. The summed E-state index contributed by atoms with van der Waals surface area (Å²) in [7, 11) is 0. The normalized spacial score (nSPS) is 13.8. The SMILES string of the molecule is CC(NC(=O)N(CC(N)=O)C(C)C)C(C)C(=O)O. The molecule has 0 aliphatic rings. The zero-order chi connectivity index (χ0) is 14.5. The maximum absolute atomic E-state index is 11.9. The molecule has 0 radical (unpaired) electrons. The molecule has 18 heavy (non-hydrogen) atoms. The molecule has 2 atom stereocenters. The molecule has 2 unspecified atom stereocenters. The molecule has 104 valence electrons. The molecular weight excluding hydrogens is 238 g/mol. The van der Waals surface area contributed by atoms with E-state index in [4.69, 9.17) is 10.8 Å². The van der Waals surface area contributed by atoms with Crippen LogP contribution < -0.4 is 11.1 Å². The first kappa shape index (κ1) is 16.2. The number of amides is 3. The van der Waals surface area contributed by atoms with E-state index in [1.165, 1.54) is 11.8 Å². The minimum absolute atomic E-state index is 0.197. The predicted molar refractivity (Wildman–Crippen MR) is 65.8 cm³/mol. The van der Waals surface area contributed by atoms with Gasteiger partial charge in [0.15, 0.2) is 0 Å². The van der Waals surface area contributed by atoms with Crippen LogP contribution in [0.1, 0.15) is 27.7 Å². The summed E-state index contributed by atoms with van der Waals surface area (Å²) in [6.45, 7) is 6.39. The molecule has 0 spiro atoms. The number of carboxylic acid groups (broad SMARTS) is 1. The van der Waals surface area contributed by atoms with Crippen molar-refractivity contribution in [3.8, 4) is 0 Å². The number of rotatable bonds is 6. The minimum atomic E-state index is -0.992. The van der Waals surface area contributed by atoms with Gasteiger partial charge in [0.1, 0.15) is 6.54 Å². The maximum Gasteiger partial charge on any atom is 0.318 e. The largest absolute Gasteiger partial charge is 0.481 e. The third-order valence-electron chi connectivity index (χ3n) is 2.70. The van der Waals surface area contributed by atoms with Gasteiger partial charge in [-0.1, -0.05) is 0 Å². The van der Waals surface area contributed by atoms with Crippen LogP contribution in [-0.4, -0.2) is 46.5 Å². The summed E-state index contributed by atoms with van der Waals surface area (Å²) in [4.78, 5) is 34.7. The number of nitrogens with zero attached hydrogens (tertiary/aromatic N) is 1. The molecule has 0 aromatic heterocycles. The Hall–Kier alpha value is -1.79. The summed E-state index contributed by atoms with van der Waals surface area (Å²) < 4.78 is 0. The van der Waals surface area contributed by atoms with Crippen LogP contribution in [-0.2, 0) is 9.59 Å². The number of primary amides is 1. The van der Waals surface area contributed by atoms with Gasteiger partial charge in [0.05, 0.1) is 5.92 Å². The number of aliphatic carboxylic acids is 1. The highest BCUT2D eigenvalue weighted by atomic mass is 16.4. The monoisotopic (exact) mass is 259 g/mol. The number of hydrogen-bond donors (Lipinski definition) is 3. The average molecular weight is 259 g/mol. The van der Waals surface area contributed by atoms with Crippen molar-refractivity contribution >= 4 is 17.9 Å². The zero-order valence-electron chi connectivity index (χ0n) is 11.1. The van der Waals surface area contributed by atoms with Crippen molar-refractivity contribution in [3.63, 3.8) is 0 Å². The van der Waals surface area contributed by atoms with E-state index in [9.17, 15) is 14.4 Å².